The molecule has 0 nitrogen and oxygen atoms in total. The molecule has 1 aliphatic heterocycles. The van der Waals surface area contributed by atoms with Crippen LogP contribution in [-0.2, 0) is 0 Å². The zero-order valence-corrected chi connectivity index (χ0v) is 5.37. The van der Waals surface area contributed by atoms with Gasteiger partial charge in [0.15, 0.2) is 0 Å². The molecule has 0 aromatic rings. The summed E-state index contributed by atoms with van der Waals surface area (Å²) >= 11 is 2.18. The van der Waals surface area contributed by atoms with Crippen molar-refractivity contribution >= 4 is 11.8 Å². The lowest BCUT2D eigenvalue weighted by Crippen LogP contribution is -1.86. The second kappa shape index (κ2) is 1.19. The molecular formula is C6H10S. The first-order valence-electron chi connectivity index (χ1n) is 3.02. The number of hydrogen-bond acceptors (Lipinski definition) is 1. The number of hydrogen-bond donors (Lipinski definition) is 0. The van der Waals surface area contributed by atoms with Crippen LogP contribution >= 0.6 is 11.8 Å². The standard InChI is InChI=1S/C6H10S/c1-4-2-5-6(3-4)7-5/h4-6H,2-3H2,1H3. The summed E-state index contributed by atoms with van der Waals surface area (Å²) in [5.74, 6) is 1.05. The molecule has 1 heteroatoms. The lowest BCUT2D eigenvalue weighted by Gasteiger charge is -1.98. The van der Waals surface area contributed by atoms with Gasteiger partial charge in [-0.1, -0.05) is 6.92 Å². The third-order valence-electron chi connectivity index (χ3n) is 1.96. The normalized spacial score (nSPS) is 57.0. The van der Waals surface area contributed by atoms with Gasteiger partial charge < -0.3 is 0 Å². The minimum atomic E-state index is 1.05. The molecule has 1 aliphatic carbocycles. The Hall–Kier alpha value is 0.350. The minimum Gasteiger partial charge on any atom is -0.153 e. The molecule has 7 heavy (non-hydrogen) atoms. The van der Waals surface area contributed by atoms with Crippen LogP contribution in [0.3, 0.4) is 0 Å². The van der Waals surface area contributed by atoms with Crippen LogP contribution in [0, 0.1) is 5.92 Å². The average Bonchev–Trinajstić information content (AvgIpc) is 2.15. The van der Waals surface area contributed by atoms with Crippen LogP contribution in [0.2, 0.25) is 0 Å². The first-order valence-corrected chi connectivity index (χ1v) is 3.96. The van der Waals surface area contributed by atoms with E-state index in [2.05, 4.69) is 18.7 Å². The fourth-order valence-electron chi connectivity index (χ4n) is 1.48. The van der Waals surface area contributed by atoms with E-state index in [1.54, 1.807) is 0 Å². The predicted octanol–water partition coefficient (Wildman–Crippen LogP) is 1.90. The molecule has 40 valence electrons. The SMILES string of the molecule is CC1CC2SC2C1. The topological polar surface area (TPSA) is 0 Å². The van der Waals surface area contributed by atoms with E-state index in [-0.39, 0.29) is 0 Å². The van der Waals surface area contributed by atoms with Crippen LogP contribution in [-0.4, -0.2) is 10.5 Å². The fourth-order valence-corrected chi connectivity index (χ4v) is 2.94. The Bertz CT molecular complexity index is 80.2. The summed E-state index contributed by atoms with van der Waals surface area (Å²) in [6.07, 6.45) is 3.02. The summed E-state index contributed by atoms with van der Waals surface area (Å²) in [5, 5.41) is 2.21. The average molecular weight is 114 g/mol. The molecule has 2 atom stereocenters. The lowest BCUT2D eigenvalue weighted by molar-refractivity contribution is 0.609. The predicted molar refractivity (Wildman–Crippen MR) is 33.6 cm³/mol. The number of thioether (sulfide) groups is 1. The maximum atomic E-state index is 2.37. The van der Waals surface area contributed by atoms with Crippen LogP contribution < -0.4 is 0 Å². The van der Waals surface area contributed by atoms with Crippen molar-refractivity contribution in [3.05, 3.63) is 0 Å². The Morgan fingerprint density at radius 3 is 2.14 bits per heavy atom. The molecule has 0 aromatic carbocycles. The summed E-state index contributed by atoms with van der Waals surface area (Å²) in [4.78, 5) is 0. The third kappa shape index (κ3) is 0.584. The third-order valence-corrected chi connectivity index (χ3v) is 3.38. The van der Waals surface area contributed by atoms with Crippen LogP contribution in [0.1, 0.15) is 19.8 Å². The van der Waals surface area contributed by atoms with Gasteiger partial charge in [-0.15, -0.1) is 0 Å². The van der Waals surface area contributed by atoms with Crippen molar-refractivity contribution in [2.24, 2.45) is 5.92 Å². The lowest BCUT2D eigenvalue weighted by atomic mass is 10.1. The van der Waals surface area contributed by atoms with E-state index in [4.69, 9.17) is 0 Å². The van der Waals surface area contributed by atoms with Gasteiger partial charge in [-0.2, -0.15) is 11.8 Å². The van der Waals surface area contributed by atoms with E-state index < -0.39 is 0 Å². The fraction of sp³-hybridized carbons (Fsp3) is 1.00. The summed E-state index contributed by atoms with van der Waals surface area (Å²) < 4.78 is 0. The number of rotatable bonds is 0. The van der Waals surface area contributed by atoms with E-state index >= 15 is 0 Å². The van der Waals surface area contributed by atoms with Gasteiger partial charge in [0.1, 0.15) is 0 Å². The van der Waals surface area contributed by atoms with E-state index in [0.29, 0.717) is 0 Å². The van der Waals surface area contributed by atoms with Gasteiger partial charge in [0, 0.05) is 10.5 Å². The van der Waals surface area contributed by atoms with Gasteiger partial charge in [0.2, 0.25) is 0 Å². The van der Waals surface area contributed by atoms with Gasteiger partial charge >= 0.3 is 0 Å². The Kier molecular flexibility index (Phi) is 0.724. The Morgan fingerprint density at radius 1 is 1.29 bits per heavy atom. The first kappa shape index (κ1) is 4.25. The van der Waals surface area contributed by atoms with E-state index in [9.17, 15) is 0 Å². The van der Waals surface area contributed by atoms with Gasteiger partial charge in [0.05, 0.1) is 0 Å². The Morgan fingerprint density at radius 2 is 1.86 bits per heavy atom. The quantitative estimate of drug-likeness (QED) is 0.433. The molecule has 1 saturated heterocycles. The molecule has 1 saturated carbocycles. The summed E-state index contributed by atoms with van der Waals surface area (Å²) in [6, 6.07) is 0. The molecule has 0 radical (unpaired) electrons. The second-order valence-electron chi connectivity index (χ2n) is 2.79. The molecule has 0 N–H and O–H groups in total. The smallest absolute Gasteiger partial charge is 0.0172 e. The van der Waals surface area contributed by atoms with Crippen molar-refractivity contribution < 1.29 is 0 Å². The molecule has 0 aromatic heterocycles. The molecule has 0 bridgehead atoms. The zero-order chi connectivity index (χ0) is 4.85. The van der Waals surface area contributed by atoms with E-state index in [0.717, 1.165) is 16.4 Å². The van der Waals surface area contributed by atoms with Crippen molar-refractivity contribution in [2.75, 3.05) is 0 Å². The number of fused-ring (bicyclic) bond motifs is 1. The highest BCUT2D eigenvalue weighted by Crippen LogP contribution is 2.54. The molecular weight excluding hydrogens is 104 g/mol. The zero-order valence-electron chi connectivity index (χ0n) is 4.55. The van der Waals surface area contributed by atoms with Crippen LogP contribution in [0.15, 0.2) is 0 Å². The summed E-state index contributed by atoms with van der Waals surface area (Å²) in [5.41, 5.74) is 0. The van der Waals surface area contributed by atoms with E-state index in [1.807, 2.05) is 0 Å². The van der Waals surface area contributed by atoms with Gasteiger partial charge in [-0.3, -0.25) is 0 Å². The van der Waals surface area contributed by atoms with Crippen molar-refractivity contribution in [1.29, 1.82) is 0 Å². The largest absolute Gasteiger partial charge is 0.153 e. The van der Waals surface area contributed by atoms with Crippen molar-refractivity contribution in [3.63, 3.8) is 0 Å². The van der Waals surface area contributed by atoms with Crippen LogP contribution in [0.25, 0.3) is 0 Å². The maximum Gasteiger partial charge on any atom is 0.0172 e. The van der Waals surface area contributed by atoms with Gasteiger partial charge in [0.25, 0.3) is 0 Å². The molecule has 0 spiro atoms. The minimum absolute atomic E-state index is 1.05. The summed E-state index contributed by atoms with van der Waals surface area (Å²) in [7, 11) is 0. The highest BCUT2D eigenvalue weighted by atomic mass is 32.2. The van der Waals surface area contributed by atoms with Crippen molar-refractivity contribution in [3.8, 4) is 0 Å². The van der Waals surface area contributed by atoms with Crippen molar-refractivity contribution in [2.45, 2.75) is 30.3 Å². The maximum absolute atomic E-state index is 2.37. The molecule has 2 rings (SSSR count). The second-order valence-corrected chi connectivity index (χ2v) is 4.27. The Balaban J connectivity index is 2.02. The molecule has 2 fully saturated rings. The van der Waals surface area contributed by atoms with Crippen LogP contribution in [0.5, 0.6) is 0 Å². The molecule has 2 unspecified atom stereocenters. The van der Waals surface area contributed by atoms with Gasteiger partial charge in [-0.05, 0) is 18.8 Å². The molecule has 2 aliphatic rings. The van der Waals surface area contributed by atoms with Crippen LogP contribution in [0.4, 0.5) is 0 Å². The molecule has 0 amide bonds. The van der Waals surface area contributed by atoms with E-state index in [1.165, 1.54) is 12.8 Å². The highest BCUT2D eigenvalue weighted by Gasteiger charge is 2.45. The molecule has 1 heterocycles. The first-order chi connectivity index (χ1) is 3.36. The monoisotopic (exact) mass is 114 g/mol. The highest BCUT2D eigenvalue weighted by molar-refractivity contribution is 8.07. The van der Waals surface area contributed by atoms with Gasteiger partial charge in [-0.25, -0.2) is 0 Å². The van der Waals surface area contributed by atoms with Crippen molar-refractivity contribution in [1.82, 2.24) is 0 Å². The summed E-state index contributed by atoms with van der Waals surface area (Å²) in [6.45, 7) is 2.37. The Labute approximate surface area is 48.7 Å².